The van der Waals surface area contributed by atoms with Crippen molar-refractivity contribution in [3.63, 3.8) is 0 Å². The highest BCUT2D eigenvalue weighted by molar-refractivity contribution is 5.82. The number of benzene rings is 2. The summed E-state index contributed by atoms with van der Waals surface area (Å²) in [4.78, 5) is 14.5. The van der Waals surface area contributed by atoms with Crippen LogP contribution in [0.4, 0.5) is 17.6 Å². The number of aliphatic carboxylic acids is 1. The van der Waals surface area contributed by atoms with E-state index in [1.54, 1.807) is 12.1 Å². The van der Waals surface area contributed by atoms with Gasteiger partial charge < -0.3 is 10.1 Å². The number of nitrogens with zero attached hydrogens (tertiary/aromatic N) is 3. The van der Waals surface area contributed by atoms with E-state index in [1.807, 2.05) is 17.8 Å². The fraction of sp³-hybridized carbons (Fsp3) is 0.250. The molecule has 34 heavy (non-hydrogen) atoms. The van der Waals surface area contributed by atoms with Gasteiger partial charge in [0.05, 0.1) is 11.4 Å². The molecule has 0 saturated carbocycles. The number of aromatic nitrogens is 3. The second-order valence-electron chi connectivity index (χ2n) is 7.87. The van der Waals surface area contributed by atoms with Crippen molar-refractivity contribution in [1.82, 2.24) is 19.7 Å². The van der Waals surface area contributed by atoms with E-state index in [0.29, 0.717) is 0 Å². The number of para-hydroxylation sites is 1. The summed E-state index contributed by atoms with van der Waals surface area (Å²) in [6.07, 6.45) is -3.10. The van der Waals surface area contributed by atoms with Gasteiger partial charge in [-0.2, -0.15) is 18.3 Å². The van der Waals surface area contributed by atoms with Crippen molar-refractivity contribution in [2.75, 3.05) is 7.05 Å². The molecule has 2 N–H and O–H groups in total. The number of carboxylic acids is 1. The summed E-state index contributed by atoms with van der Waals surface area (Å²) in [5.41, 5.74) is 6.65. The standard InChI is InChI=1S/C22H23FN4.C2HF3O2/c1-15-21(16(2)27(25-15)20-9-7-19(23)8-10-20)14-26(3)13-18-6-4-5-17-11-12-24-22(17)18;3-2(4,5)1(6)7/h4-12,24H,13-14H2,1-3H3;(H,6,7). The number of fused-ring (bicyclic) bond motifs is 1. The number of halogens is 4. The Morgan fingerprint density at radius 1 is 1.09 bits per heavy atom. The molecule has 0 radical (unpaired) electrons. The van der Waals surface area contributed by atoms with Gasteiger partial charge in [-0.05, 0) is 62.2 Å². The summed E-state index contributed by atoms with van der Waals surface area (Å²) in [6, 6.07) is 14.9. The second kappa shape index (κ2) is 10.1. The summed E-state index contributed by atoms with van der Waals surface area (Å²) in [7, 11) is 2.12. The molecule has 0 aliphatic heterocycles. The van der Waals surface area contributed by atoms with Crippen LogP contribution in [0.25, 0.3) is 16.6 Å². The third-order valence-corrected chi connectivity index (χ3v) is 5.30. The van der Waals surface area contributed by atoms with Crippen LogP contribution in [0.5, 0.6) is 0 Å². The average molecular weight is 476 g/mol. The molecule has 0 unspecified atom stereocenters. The van der Waals surface area contributed by atoms with Crippen LogP contribution in [-0.2, 0) is 17.9 Å². The Morgan fingerprint density at radius 3 is 2.35 bits per heavy atom. The van der Waals surface area contributed by atoms with Crippen LogP contribution in [0.1, 0.15) is 22.5 Å². The molecule has 0 atom stereocenters. The van der Waals surface area contributed by atoms with Gasteiger partial charge in [0, 0.05) is 36.1 Å². The van der Waals surface area contributed by atoms with E-state index in [4.69, 9.17) is 9.90 Å². The first kappa shape index (κ1) is 25.0. The molecule has 0 saturated heterocycles. The smallest absolute Gasteiger partial charge is 0.475 e. The predicted octanol–water partition coefficient (Wildman–Crippen LogP) is 5.37. The lowest BCUT2D eigenvalue weighted by atomic mass is 10.1. The summed E-state index contributed by atoms with van der Waals surface area (Å²) in [5, 5.41) is 13.0. The number of H-pyrrole nitrogens is 1. The minimum Gasteiger partial charge on any atom is -0.475 e. The summed E-state index contributed by atoms with van der Waals surface area (Å²) >= 11 is 0. The van der Waals surface area contributed by atoms with Gasteiger partial charge in [-0.1, -0.05) is 18.2 Å². The predicted molar refractivity (Wildman–Crippen MR) is 120 cm³/mol. The molecule has 180 valence electrons. The second-order valence-corrected chi connectivity index (χ2v) is 7.87. The molecule has 2 aromatic heterocycles. The van der Waals surface area contributed by atoms with Crippen LogP contribution in [0.3, 0.4) is 0 Å². The first-order chi connectivity index (χ1) is 16.0. The van der Waals surface area contributed by atoms with Crippen molar-refractivity contribution in [3.05, 3.63) is 83.1 Å². The number of nitrogens with one attached hydrogen (secondary N) is 1. The maximum absolute atomic E-state index is 13.2. The van der Waals surface area contributed by atoms with Crippen molar-refractivity contribution in [2.24, 2.45) is 0 Å². The van der Waals surface area contributed by atoms with Crippen LogP contribution in [0, 0.1) is 19.7 Å². The van der Waals surface area contributed by atoms with E-state index in [2.05, 4.69) is 53.2 Å². The minimum atomic E-state index is -5.08. The summed E-state index contributed by atoms with van der Waals surface area (Å²) in [6.45, 7) is 5.74. The molecule has 2 aromatic carbocycles. The molecule has 0 bridgehead atoms. The molecule has 0 spiro atoms. The first-order valence-corrected chi connectivity index (χ1v) is 10.3. The number of carboxylic acid groups (broad SMARTS) is 1. The quantitative estimate of drug-likeness (QED) is 0.380. The van der Waals surface area contributed by atoms with Gasteiger partial charge in [-0.15, -0.1) is 0 Å². The van der Waals surface area contributed by atoms with Gasteiger partial charge in [0.1, 0.15) is 5.82 Å². The van der Waals surface area contributed by atoms with Crippen LogP contribution in [0.2, 0.25) is 0 Å². The van der Waals surface area contributed by atoms with E-state index < -0.39 is 12.1 Å². The molecule has 4 rings (SSSR count). The topological polar surface area (TPSA) is 74.2 Å². The van der Waals surface area contributed by atoms with Gasteiger partial charge in [-0.3, -0.25) is 4.90 Å². The van der Waals surface area contributed by atoms with Crippen LogP contribution in [0.15, 0.2) is 54.7 Å². The largest absolute Gasteiger partial charge is 0.490 e. The highest BCUT2D eigenvalue weighted by atomic mass is 19.4. The van der Waals surface area contributed by atoms with Crippen molar-refractivity contribution < 1.29 is 27.5 Å². The Morgan fingerprint density at radius 2 is 1.74 bits per heavy atom. The third kappa shape index (κ3) is 5.82. The lowest BCUT2D eigenvalue weighted by molar-refractivity contribution is -0.192. The molecule has 0 aliphatic rings. The average Bonchev–Trinajstić information content (AvgIpc) is 3.35. The zero-order chi connectivity index (χ0) is 25.0. The summed E-state index contributed by atoms with van der Waals surface area (Å²) in [5.74, 6) is -2.99. The fourth-order valence-corrected chi connectivity index (χ4v) is 3.64. The number of hydrogen-bond acceptors (Lipinski definition) is 3. The number of alkyl halides is 3. The van der Waals surface area contributed by atoms with E-state index in [-0.39, 0.29) is 5.82 Å². The van der Waals surface area contributed by atoms with Crippen molar-refractivity contribution >= 4 is 16.9 Å². The highest BCUT2D eigenvalue weighted by Crippen LogP contribution is 2.22. The van der Waals surface area contributed by atoms with Crippen molar-refractivity contribution in [1.29, 1.82) is 0 Å². The van der Waals surface area contributed by atoms with Crippen LogP contribution >= 0.6 is 0 Å². The third-order valence-electron chi connectivity index (χ3n) is 5.30. The molecule has 2 heterocycles. The lowest BCUT2D eigenvalue weighted by Gasteiger charge is -2.18. The maximum Gasteiger partial charge on any atom is 0.490 e. The molecule has 4 aromatic rings. The number of hydrogen-bond donors (Lipinski definition) is 2. The van der Waals surface area contributed by atoms with Crippen LogP contribution in [-0.4, -0.2) is 44.0 Å². The molecular weight excluding hydrogens is 452 g/mol. The zero-order valence-electron chi connectivity index (χ0n) is 18.8. The Labute approximate surface area is 193 Å². The maximum atomic E-state index is 13.2. The van der Waals surface area contributed by atoms with E-state index in [1.165, 1.54) is 34.2 Å². The Hall–Kier alpha value is -3.66. The molecule has 10 heteroatoms. The van der Waals surface area contributed by atoms with Crippen molar-refractivity contribution in [3.8, 4) is 5.69 Å². The van der Waals surface area contributed by atoms with Gasteiger partial charge in [0.2, 0.25) is 0 Å². The number of aryl methyl sites for hydroxylation is 1. The lowest BCUT2D eigenvalue weighted by Crippen LogP contribution is -2.21. The Bertz CT molecular complexity index is 1280. The zero-order valence-corrected chi connectivity index (χ0v) is 18.8. The normalized spacial score (nSPS) is 11.5. The number of carbonyl (C=O) groups is 1. The molecule has 6 nitrogen and oxygen atoms in total. The fourth-order valence-electron chi connectivity index (χ4n) is 3.64. The monoisotopic (exact) mass is 476 g/mol. The van der Waals surface area contributed by atoms with E-state index >= 15 is 0 Å². The van der Waals surface area contributed by atoms with Crippen molar-refractivity contribution in [2.45, 2.75) is 33.1 Å². The SMILES string of the molecule is Cc1nn(-c2ccc(F)cc2)c(C)c1CN(C)Cc1cccc2cc[nH]c12.O=C(O)C(F)(F)F. The van der Waals surface area contributed by atoms with Crippen LogP contribution < -0.4 is 0 Å². The van der Waals surface area contributed by atoms with Gasteiger partial charge in [0.25, 0.3) is 0 Å². The van der Waals surface area contributed by atoms with Gasteiger partial charge >= 0.3 is 12.1 Å². The van der Waals surface area contributed by atoms with E-state index in [9.17, 15) is 17.6 Å². The number of rotatable bonds is 5. The molecule has 0 amide bonds. The minimum absolute atomic E-state index is 0.237. The molecule has 0 fully saturated rings. The first-order valence-electron chi connectivity index (χ1n) is 10.3. The number of aromatic amines is 1. The van der Waals surface area contributed by atoms with E-state index in [0.717, 1.165) is 30.2 Å². The Balaban J connectivity index is 0.000000406. The Kier molecular flexibility index (Phi) is 7.41. The highest BCUT2D eigenvalue weighted by Gasteiger charge is 2.38. The molecular formula is C24H24F4N4O2. The summed E-state index contributed by atoms with van der Waals surface area (Å²) < 4.78 is 46.8. The van der Waals surface area contributed by atoms with Gasteiger partial charge in [-0.25, -0.2) is 13.9 Å². The molecule has 0 aliphatic carbocycles. The van der Waals surface area contributed by atoms with Gasteiger partial charge in [0.15, 0.2) is 0 Å².